The Balaban J connectivity index is 1.65. The van der Waals surface area contributed by atoms with Gasteiger partial charge in [-0.3, -0.25) is 14.9 Å². The third kappa shape index (κ3) is 5.45. The van der Waals surface area contributed by atoms with Gasteiger partial charge in [-0.05, 0) is 12.1 Å². The van der Waals surface area contributed by atoms with Crippen molar-refractivity contribution >= 4 is 35.1 Å². The molecule has 0 aliphatic carbocycles. The van der Waals surface area contributed by atoms with Gasteiger partial charge in [0.1, 0.15) is 6.04 Å². The van der Waals surface area contributed by atoms with Crippen molar-refractivity contribution in [3.63, 3.8) is 0 Å². The summed E-state index contributed by atoms with van der Waals surface area (Å²) in [5.74, 6) is 0.380. The van der Waals surface area contributed by atoms with Crippen LogP contribution in [0.3, 0.4) is 0 Å². The highest BCUT2D eigenvalue weighted by molar-refractivity contribution is 6.11. The second kappa shape index (κ2) is 10.2. The molecule has 1 aliphatic rings. The molecule has 1 heterocycles. The van der Waals surface area contributed by atoms with E-state index in [0.717, 1.165) is 5.69 Å². The SMILES string of the molecule is COc1cc(NC(=O)C[C@@H]2N=C(N=C(N)Nc3ccccc3)NC2=O)cc(OC)c1OC. The van der Waals surface area contributed by atoms with Crippen molar-refractivity contribution in [3.8, 4) is 17.2 Å². The van der Waals surface area contributed by atoms with Gasteiger partial charge >= 0.3 is 0 Å². The fraction of sp³-hybridized carbons (Fsp3) is 0.238. The minimum absolute atomic E-state index is 0.0292. The number of aliphatic imine (C=N–C) groups is 2. The summed E-state index contributed by atoms with van der Waals surface area (Å²) in [6, 6.07) is 11.4. The van der Waals surface area contributed by atoms with Gasteiger partial charge in [0.2, 0.25) is 23.6 Å². The number of methoxy groups -OCH3 is 3. The van der Waals surface area contributed by atoms with Crippen LogP contribution >= 0.6 is 0 Å². The Hall–Kier alpha value is -4.28. The summed E-state index contributed by atoms with van der Waals surface area (Å²) in [5, 5.41) is 8.10. The Morgan fingerprint density at radius 3 is 2.31 bits per heavy atom. The number of nitrogens with zero attached hydrogens (tertiary/aromatic N) is 2. The molecule has 5 N–H and O–H groups in total. The van der Waals surface area contributed by atoms with Gasteiger partial charge in [-0.1, -0.05) is 18.2 Å². The van der Waals surface area contributed by atoms with E-state index in [2.05, 4.69) is 25.9 Å². The number of carbonyl (C=O) groups is 2. The number of ether oxygens (including phenoxy) is 3. The number of carbonyl (C=O) groups excluding carboxylic acids is 2. The Labute approximate surface area is 184 Å². The Morgan fingerprint density at radius 2 is 1.72 bits per heavy atom. The van der Waals surface area contributed by atoms with Crippen molar-refractivity contribution in [2.75, 3.05) is 32.0 Å². The van der Waals surface area contributed by atoms with E-state index in [-0.39, 0.29) is 18.3 Å². The van der Waals surface area contributed by atoms with Crippen molar-refractivity contribution in [2.24, 2.45) is 15.7 Å². The zero-order chi connectivity index (χ0) is 23.1. The van der Waals surface area contributed by atoms with Crippen molar-refractivity contribution in [1.29, 1.82) is 0 Å². The minimum Gasteiger partial charge on any atom is -0.493 e. The molecule has 0 unspecified atom stereocenters. The van der Waals surface area contributed by atoms with Gasteiger partial charge in [0.05, 0.1) is 27.8 Å². The fourth-order valence-electron chi connectivity index (χ4n) is 2.98. The number of para-hydroxylation sites is 1. The Bertz CT molecular complexity index is 1030. The van der Waals surface area contributed by atoms with Crippen LogP contribution in [0.5, 0.6) is 17.2 Å². The molecule has 2 aromatic rings. The second-order valence-electron chi connectivity index (χ2n) is 6.61. The summed E-state index contributed by atoms with van der Waals surface area (Å²) in [5.41, 5.74) is 7.01. The third-order valence-corrected chi connectivity index (χ3v) is 4.42. The second-order valence-corrected chi connectivity index (χ2v) is 6.61. The van der Waals surface area contributed by atoms with Crippen LogP contribution in [0.2, 0.25) is 0 Å². The van der Waals surface area contributed by atoms with Crippen molar-refractivity contribution < 1.29 is 23.8 Å². The van der Waals surface area contributed by atoms with Crippen molar-refractivity contribution in [1.82, 2.24) is 5.32 Å². The molecular weight excluding hydrogens is 416 g/mol. The maximum Gasteiger partial charge on any atom is 0.252 e. The van der Waals surface area contributed by atoms with Crippen molar-refractivity contribution in [3.05, 3.63) is 42.5 Å². The number of nitrogens with one attached hydrogen (secondary N) is 3. The number of benzene rings is 2. The lowest BCUT2D eigenvalue weighted by atomic mass is 10.2. The molecule has 0 aromatic heterocycles. The first kappa shape index (κ1) is 22.4. The lowest BCUT2D eigenvalue weighted by Gasteiger charge is -2.14. The largest absolute Gasteiger partial charge is 0.493 e. The molecule has 11 heteroatoms. The molecule has 1 aliphatic heterocycles. The van der Waals surface area contributed by atoms with Gasteiger partial charge in [-0.15, -0.1) is 0 Å². The first-order valence-corrected chi connectivity index (χ1v) is 9.58. The molecule has 32 heavy (non-hydrogen) atoms. The van der Waals surface area contributed by atoms with Crippen molar-refractivity contribution in [2.45, 2.75) is 12.5 Å². The molecule has 0 saturated heterocycles. The average Bonchev–Trinajstić information content (AvgIpc) is 3.11. The number of rotatable bonds is 7. The molecule has 2 amide bonds. The number of nitrogens with two attached hydrogens (primary N) is 1. The summed E-state index contributed by atoms with van der Waals surface area (Å²) in [6.45, 7) is 0. The maximum absolute atomic E-state index is 12.5. The van der Waals surface area contributed by atoms with Crippen LogP contribution in [-0.4, -0.2) is 51.1 Å². The fourth-order valence-corrected chi connectivity index (χ4v) is 2.98. The molecule has 0 saturated carbocycles. The van der Waals surface area contributed by atoms with E-state index in [1.54, 1.807) is 12.1 Å². The third-order valence-electron chi connectivity index (χ3n) is 4.42. The average molecular weight is 440 g/mol. The van der Waals surface area contributed by atoms with E-state index in [1.165, 1.54) is 21.3 Å². The van der Waals surface area contributed by atoms with E-state index in [4.69, 9.17) is 19.9 Å². The highest BCUT2D eigenvalue weighted by atomic mass is 16.5. The molecule has 3 rings (SSSR count). The number of anilines is 2. The predicted molar refractivity (Wildman–Crippen MR) is 120 cm³/mol. The zero-order valence-electron chi connectivity index (χ0n) is 17.8. The molecule has 11 nitrogen and oxygen atoms in total. The first-order chi connectivity index (χ1) is 15.4. The summed E-state index contributed by atoms with van der Waals surface area (Å²) in [4.78, 5) is 32.9. The Morgan fingerprint density at radius 1 is 1.06 bits per heavy atom. The predicted octanol–water partition coefficient (Wildman–Crippen LogP) is 1.32. The van der Waals surface area contributed by atoms with E-state index in [0.29, 0.717) is 22.9 Å². The smallest absolute Gasteiger partial charge is 0.252 e. The lowest BCUT2D eigenvalue weighted by Crippen LogP contribution is -2.32. The molecule has 0 radical (unpaired) electrons. The summed E-state index contributed by atoms with van der Waals surface area (Å²) >= 11 is 0. The van der Waals surface area contributed by atoms with E-state index >= 15 is 0 Å². The van der Waals surface area contributed by atoms with Crippen LogP contribution in [0.25, 0.3) is 0 Å². The molecular formula is C21H24N6O5. The minimum atomic E-state index is -0.930. The number of hydrogen-bond acceptors (Lipinski definition) is 7. The monoisotopic (exact) mass is 440 g/mol. The molecule has 168 valence electrons. The van der Waals surface area contributed by atoms with Gasteiger partial charge in [-0.2, -0.15) is 4.99 Å². The van der Waals surface area contributed by atoms with Gasteiger partial charge in [0.25, 0.3) is 5.91 Å². The Kier molecular flexibility index (Phi) is 7.11. The summed E-state index contributed by atoms with van der Waals surface area (Å²) < 4.78 is 15.8. The maximum atomic E-state index is 12.5. The van der Waals surface area contributed by atoms with Crippen LogP contribution in [-0.2, 0) is 9.59 Å². The van der Waals surface area contributed by atoms with Crippen LogP contribution in [0.4, 0.5) is 11.4 Å². The highest BCUT2D eigenvalue weighted by Crippen LogP contribution is 2.39. The molecule has 2 aromatic carbocycles. The number of hydrogen-bond donors (Lipinski definition) is 4. The normalized spacial score (nSPS) is 15.5. The van der Waals surface area contributed by atoms with E-state index in [9.17, 15) is 9.59 Å². The van der Waals surface area contributed by atoms with Gasteiger partial charge in [-0.25, -0.2) is 4.99 Å². The topological polar surface area (TPSA) is 149 Å². The molecule has 0 fully saturated rings. The first-order valence-electron chi connectivity index (χ1n) is 9.58. The quantitative estimate of drug-likeness (QED) is 0.375. The molecule has 1 atom stereocenters. The van der Waals surface area contributed by atoms with Gasteiger partial charge in [0.15, 0.2) is 11.5 Å². The lowest BCUT2D eigenvalue weighted by molar-refractivity contribution is -0.123. The zero-order valence-corrected chi connectivity index (χ0v) is 17.8. The number of amides is 2. The van der Waals surface area contributed by atoms with Gasteiger partial charge in [0, 0.05) is 23.5 Å². The van der Waals surface area contributed by atoms with Crippen LogP contribution in [0.15, 0.2) is 52.4 Å². The van der Waals surface area contributed by atoms with Crippen LogP contribution < -0.4 is 35.9 Å². The number of guanidine groups is 2. The summed E-state index contributed by atoms with van der Waals surface area (Å²) in [6.07, 6.45) is -0.187. The molecule has 0 bridgehead atoms. The van der Waals surface area contributed by atoms with Crippen LogP contribution in [0.1, 0.15) is 6.42 Å². The van der Waals surface area contributed by atoms with Crippen LogP contribution in [0, 0.1) is 0 Å². The standard InChI is InChI=1S/C21H24N6O5/c1-30-15-9-13(10-16(31-2)18(15)32-3)23-17(28)11-14-19(29)26-21(25-14)27-20(22)24-12-7-5-4-6-8-12/h4-10,14H,11H2,1-3H3,(H,23,28)(H4,22,24,25,26,27,29)/t14-/m0/s1. The highest BCUT2D eigenvalue weighted by Gasteiger charge is 2.29. The summed E-state index contributed by atoms with van der Waals surface area (Å²) in [7, 11) is 4.43. The van der Waals surface area contributed by atoms with Gasteiger partial charge < -0.3 is 30.6 Å². The van der Waals surface area contributed by atoms with E-state index in [1.807, 2.05) is 30.3 Å². The molecule has 0 spiro atoms. The van der Waals surface area contributed by atoms with E-state index < -0.39 is 17.9 Å².